The van der Waals surface area contributed by atoms with E-state index >= 15 is 0 Å². The van der Waals surface area contributed by atoms with E-state index < -0.39 is 0 Å². The van der Waals surface area contributed by atoms with Gasteiger partial charge in [0.25, 0.3) is 0 Å². The summed E-state index contributed by atoms with van der Waals surface area (Å²) in [5, 5.41) is 0. The largest absolute Gasteiger partial charge is 0.487 e. The van der Waals surface area contributed by atoms with Crippen molar-refractivity contribution < 1.29 is 9.31 Å². The number of pyridine rings is 1. The van der Waals surface area contributed by atoms with Crippen LogP contribution in [0, 0.1) is 0 Å². The Hall–Kier alpha value is -1.21. The number of nitrogens with two attached hydrogens (primary N) is 2. The van der Waals surface area contributed by atoms with E-state index in [-0.39, 0.29) is 24.4 Å². The maximum atomic E-state index is 5.91. The molecule has 1 aliphatic heterocycles. The number of nitrogens with zero attached hydrogens (tertiary/aromatic N) is 1. The van der Waals surface area contributed by atoms with Gasteiger partial charge in [0.1, 0.15) is 0 Å². The summed E-state index contributed by atoms with van der Waals surface area (Å²) in [4.78, 5) is 4.19. The summed E-state index contributed by atoms with van der Waals surface area (Å²) in [6.07, 6.45) is 5.44. The van der Waals surface area contributed by atoms with Crippen molar-refractivity contribution in [2.24, 2.45) is 11.5 Å². The Morgan fingerprint density at radius 3 is 2.43 bits per heavy atom. The van der Waals surface area contributed by atoms with Crippen LogP contribution in [0.15, 0.2) is 24.4 Å². The minimum atomic E-state index is -0.359. The van der Waals surface area contributed by atoms with E-state index in [0.717, 1.165) is 11.1 Å². The molecule has 0 amide bonds. The van der Waals surface area contributed by atoms with E-state index in [4.69, 9.17) is 20.8 Å². The normalized spacial score (nSPS) is 21.9. The van der Waals surface area contributed by atoms with Crippen LogP contribution in [-0.4, -0.2) is 29.8 Å². The molecule has 1 fully saturated rings. The number of hydrogen-bond donors (Lipinski definition) is 2. The van der Waals surface area contributed by atoms with E-state index in [9.17, 15) is 0 Å². The van der Waals surface area contributed by atoms with Crippen LogP contribution in [0.2, 0.25) is 0 Å². The maximum absolute atomic E-state index is 5.91. The lowest BCUT2D eigenvalue weighted by atomic mass is 9.89. The first-order valence-electron chi connectivity index (χ1n) is 7.19. The van der Waals surface area contributed by atoms with Crippen molar-refractivity contribution in [3.05, 3.63) is 35.6 Å². The van der Waals surface area contributed by atoms with Gasteiger partial charge in [0, 0.05) is 25.0 Å². The minimum absolute atomic E-state index is 0.192. The first-order valence-corrected chi connectivity index (χ1v) is 7.19. The van der Waals surface area contributed by atoms with Gasteiger partial charge in [-0.2, -0.15) is 0 Å². The highest BCUT2D eigenvalue weighted by molar-refractivity contribution is 6.52. The average Bonchev–Trinajstić information content (AvgIpc) is 2.64. The van der Waals surface area contributed by atoms with Crippen LogP contribution in [0.1, 0.15) is 44.9 Å². The van der Waals surface area contributed by atoms with Crippen molar-refractivity contribution in [3.8, 4) is 0 Å². The molecule has 2 heterocycles. The zero-order valence-corrected chi connectivity index (χ0v) is 13.2. The van der Waals surface area contributed by atoms with Gasteiger partial charge in [0.2, 0.25) is 0 Å². The molecule has 6 heteroatoms. The molecule has 1 saturated heterocycles. The Bertz CT molecular complexity index is 515. The standard InChI is InChI=1S/C15H24BN3O2/c1-14(2)15(3,4)21-16(20-14)6-5-11-7-12(10-19-9-11)13(18)8-17/h5-7,9-10,13H,8,17-18H2,1-4H3/b6-5+/t13-/m0/s1. The maximum Gasteiger partial charge on any atom is 0.487 e. The number of hydrogen-bond acceptors (Lipinski definition) is 5. The molecule has 1 aromatic rings. The zero-order chi connectivity index (χ0) is 15.7. The molecule has 114 valence electrons. The van der Waals surface area contributed by atoms with Crippen LogP contribution in [0.5, 0.6) is 0 Å². The van der Waals surface area contributed by atoms with Crippen LogP contribution < -0.4 is 11.5 Å². The molecule has 4 N–H and O–H groups in total. The zero-order valence-electron chi connectivity index (χ0n) is 13.2. The summed E-state index contributed by atoms with van der Waals surface area (Å²) in [6.45, 7) is 8.52. The van der Waals surface area contributed by atoms with Crippen molar-refractivity contribution in [2.75, 3.05) is 6.54 Å². The SMILES string of the molecule is CC1(C)OB(/C=C/c2cncc([C@@H](N)CN)c2)OC1(C)C. The van der Waals surface area contributed by atoms with Gasteiger partial charge in [-0.05, 0) is 44.9 Å². The second-order valence-electron chi connectivity index (χ2n) is 6.38. The molecule has 1 aromatic heterocycles. The fraction of sp³-hybridized carbons (Fsp3) is 0.533. The molecule has 1 atom stereocenters. The summed E-state index contributed by atoms with van der Waals surface area (Å²) in [7, 11) is -0.359. The molecule has 0 aromatic carbocycles. The molecular weight excluding hydrogens is 265 g/mol. The van der Waals surface area contributed by atoms with Gasteiger partial charge in [-0.15, -0.1) is 0 Å². The molecule has 0 saturated carbocycles. The molecule has 0 radical (unpaired) electrons. The van der Waals surface area contributed by atoms with Crippen molar-refractivity contribution in [1.82, 2.24) is 4.98 Å². The Labute approximate surface area is 126 Å². The monoisotopic (exact) mass is 289 g/mol. The molecule has 2 rings (SSSR count). The van der Waals surface area contributed by atoms with Crippen LogP contribution >= 0.6 is 0 Å². The third-order valence-corrected chi connectivity index (χ3v) is 4.18. The molecule has 0 aliphatic carbocycles. The Morgan fingerprint density at radius 2 is 1.86 bits per heavy atom. The van der Waals surface area contributed by atoms with E-state index in [1.165, 1.54) is 0 Å². The predicted molar refractivity (Wildman–Crippen MR) is 85.3 cm³/mol. The highest BCUT2D eigenvalue weighted by atomic mass is 16.7. The summed E-state index contributed by atoms with van der Waals surface area (Å²) >= 11 is 0. The Kier molecular flexibility index (Phi) is 4.53. The van der Waals surface area contributed by atoms with Crippen LogP contribution in [0.4, 0.5) is 0 Å². The lowest BCUT2D eigenvalue weighted by Gasteiger charge is -2.32. The van der Waals surface area contributed by atoms with Crippen molar-refractivity contribution in [2.45, 2.75) is 44.9 Å². The number of rotatable bonds is 4. The molecule has 5 nitrogen and oxygen atoms in total. The third kappa shape index (κ3) is 3.52. The van der Waals surface area contributed by atoms with E-state index in [2.05, 4.69) is 4.98 Å². The molecule has 0 unspecified atom stereocenters. The smallest absolute Gasteiger partial charge is 0.400 e. The summed E-state index contributed by atoms with van der Waals surface area (Å²) in [6, 6.07) is 1.79. The summed E-state index contributed by atoms with van der Waals surface area (Å²) in [5.41, 5.74) is 12.7. The van der Waals surface area contributed by atoms with Gasteiger partial charge in [0.15, 0.2) is 0 Å². The highest BCUT2D eigenvalue weighted by Gasteiger charge is 2.49. The van der Waals surface area contributed by atoms with Gasteiger partial charge in [-0.1, -0.05) is 12.1 Å². The fourth-order valence-corrected chi connectivity index (χ4v) is 2.06. The van der Waals surface area contributed by atoms with Gasteiger partial charge in [0.05, 0.1) is 11.2 Å². The first kappa shape index (κ1) is 16.2. The van der Waals surface area contributed by atoms with Crippen LogP contribution in [0.25, 0.3) is 6.08 Å². The van der Waals surface area contributed by atoms with Gasteiger partial charge in [-0.25, -0.2) is 0 Å². The van der Waals surface area contributed by atoms with Gasteiger partial charge < -0.3 is 20.8 Å². The summed E-state index contributed by atoms with van der Waals surface area (Å²) < 4.78 is 11.8. The lowest BCUT2D eigenvalue weighted by molar-refractivity contribution is 0.00578. The minimum Gasteiger partial charge on any atom is -0.400 e. The molecular formula is C15H24BN3O2. The molecule has 0 bridgehead atoms. The predicted octanol–water partition coefficient (Wildman–Crippen LogP) is 1.68. The second-order valence-corrected chi connectivity index (χ2v) is 6.38. The van der Waals surface area contributed by atoms with Gasteiger partial charge >= 0.3 is 7.12 Å². The third-order valence-electron chi connectivity index (χ3n) is 4.18. The highest BCUT2D eigenvalue weighted by Crippen LogP contribution is 2.37. The Balaban J connectivity index is 2.09. The van der Waals surface area contributed by atoms with Gasteiger partial charge in [-0.3, -0.25) is 4.98 Å². The van der Waals surface area contributed by atoms with E-state index in [1.807, 2.05) is 45.8 Å². The molecule has 1 aliphatic rings. The summed E-state index contributed by atoms with van der Waals surface area (Å²) in [5.74, 6) is 1.89. The second kappa shape index (κ2) is 5.89. The lowest BCUT2D eigenvalue weighted by Crippen LogP contribution is -2.41. The quantitative estimate of drug-likeness (QED) is 0.824. The molecule has 0 spiro atoms. The fourth-order valence-electron chi connectivity index (χ4n) is 2.06. The topological polar surface area (TPSA) is 83.4 Å². The first-order chi connectivity index (χ1) is 9.75. The van der Waals surface area contributed by atoms with Crippen molar-refractivity contribution in [1.29, 1.82) is 0 Å². The van der Waals surface area contributed by atoms with Crippen molar-refractivity contribution in [3.63, 3.8) is 0 Å². The Morgan fingerprint density at radius 1 is 1.24 bits per heavy atom. The van der Waals surface area contributed by atoms with Crippen LogP contribution in [-0.2, 0) is 9.31 Å². The van der Waals surface area contributed by atoms with E-state index in [1.54, 1.807) is 12.4 Å². The van der Waals surface area contributed by atoms with E-state index in [0.29, 0.717) is 6.54 Å². The average molecular weight is 289 g/mol. The number of aromatic nitrogens is 1. The van der Waals surface area contributed by atoms with Crippen molar-refractivity contribution >= 4 is 13.2 Å². The molecule has 21 heavy (non-hydrogen) atoms. The van der Waals surface area contributed by atoms with Crippen LogP contribution in [0.3, 0.4) is 0 Å².